The Kier molecular flexibility index (Phi) is 4.76. The van der Waals surface area contributed by atoms with Crippen LogP contribution in [-0.2, 0) is 9.47 Å². The third-order valence-corrected chi connectivity index (χ3v) is 3.68. The molecule has 0 aromatic carbocycles. The number of nitrogens with two attached hydrogens (primary N) is 1. The molecule has 9 nitrogen and oxygen atoms in total. The van der Waals surface area contributed by atoms with Crippen LogP contribution < -0.4 is 10.6 Å². The molecule has 1 aliphatic rings. The summed E-state index contributed by atoms with van der Waals surface area (Å²) in [4.78, 5) is 27.3. The number of amides is 1. The van der Waals surface area contributed by atoms with E-state index in [1.165, 1.54) is 13.3 Å². The average Bonchev–Trinajstić information content (AvgIpc) is 2.47. The summed E-state index contributed by atoms with van der Waals surface area (Å²) in [6.45, 7) is 1.19. The molecule has 0 atom stereocenters. The van der Waals surface area contributed by atoms with E-state index in [0.29, 0.717) is 31.6 Å². The fourth-order valence-corrected chi connectivity index (χ4v) is 2.68. The topological polar surface area (TPSA) is 121 Å². The SMILES string of the molecule is COCC1(OC(N)=O)CCN(c2cccnc2[N+](=O)[O-])CC1. The second-order valence-electron chi connectivity index (χ2n) is 5.13. The molecule has 1 fully saturated rings. The van der Waals surface area contributed by atoms with Gasteiger partial charge in [0, 0.05) is 33.0 Å². The highest BCUT2D eigenvalue weighted by Crippen LogP contribution is 2.33. The van der Waals surface area contributed by atoms with Crippen LogP contribution in [0.5, 0.6) is 0 Å². The lowest BCUT2D eigenvalue weighted by Crippen LogP contribution is -2.50. The number of aromatic nitrogens is 1. The molecule has 2 N–H and O–H groups in total. The Morgan fingerprint density at radius 2 is 2.23 bits per heavy atom. The molecule has 2 heterocycles. The van der Waals surface area contributed by atoms with Gasteiger partial charge in [0.15, 0.2) is 0 Å². The van der Waals surface area contributed by atoms with Crippen LogP contribution in [0, 0.1) is 10.1 Å². The quantitative estimate of drug-likeness (QED) is 0.637. The largest absolute Gasteiger partial charge is 0.440 e. The molecule has 2 rings (SSSR count). The van der Waals surface area contributed by atoms with Gasteiger partial charge in [0.1, 0.15) is 17.5 Å². The van der Waals surface area contributed by atoms with Crippen molar-refractivity contribution < 1.29 is 19.2 Å². The molecule has 1 aromatic rings. The number of hydrogen-bond donors (Lipinski definition) is 1. The van der Waals surface area contributed by atoms with Gasteiger partial charge < -0.3 is 30.2 Å². The number of pyridine rings is 1. The van der Waals surface area contributed by atoms with E-state index in [-0.39, 0.29) is 12.4 Å². The van der Waals surface area contributed by atoms with E-state index >= 15 is 0 Å². The first-order valence-electron chi connectivity index (χ1n) is 6.79. The van der Waals surface area contributed by atoms with Crippen molar-refractivity contribution in [2.24, 2.45) is 5.73 Å². The van der Waals surface area contributed by atoms with E-state index in [4.69, 9.17) is 15.2 Å². The molecule has 0 spiro atoms. The first-order chi connectivity index (χ1) is 10.5. The molecule has 0 saturated carbocycles. The lowest BCUT2D eigenvalue weighted by Gasteiger charge is -2.40. The first-order valence-corrected chi connectivity index (χ1v) is 6.79. The van der Waals surface area contributed by atoms with Crippen molar-refractivity contribution in [3.8, 4) is 0 Å². The lowest BCUT2D eigenvalue weighted by atomic mass is 9.91. The normalized spacial score (nSPS) is 17.0. The van der Waals surface area contributed by atoms with E-state index in [9.17, 15) is 14.9 Å². The fraction of sp³-hybridized carbons (Fsp3) is 0.538. The maximum atomic E-state index is 11.1. The van der Waals surface area contributed by atoms with E-state index in [1.807, 2.05) is 4.90 Å². The molecule has 1 aromatic heterocycles. The van der Waals surface area contributed by atoms with Crippen LogP contribution >= 0.6 is 0 Å². The smallest absolute Gasteiger partial charge is 0.405 e. The number of anilines is 1. The van der Waals surface area contributed by atoms with Gasteiger partial charge in [-0.05, 0) is 22.0 Å². The molecule has 0 unspecified atom stereocenters. The number of ether oxygens (including phenoxy) is 2. The Morgan fingerprint density at radius 1 is 1.55 bits per heavy atom. The Bertz CT molecular complexity index is 557. The van der Waals surface area contributed by atoms with Crippen molar-refractivity contribution in [1.82, 2.24) is 4.98 Å². The summed E-state index contributed by atoms with van der Waals surface area (Å²) >= 11 is 0. The van der Waals surface area contributed by atoms with Crippen molar-refractivity contribution in [2.45, 2.75) is 18.4 Å². The Hall–Kier alpha value is -2.42. The second-order valence-corrected chi connectivity index (χ2v) is 5.13. The van der Waals surface area contributed by atoms with Gasteiger partial charge in [-0.1, -0.05) is 0 Å². The van der Waals surface area contributed by atoms with Crippen LogP contribution in [0.3, 0.4) is 0 Å². The summed E-state index contributed by atoms with van der Waals surface area (Å²) in [5, 5.41) is 11.1. The van der Waals surface area contributed by atoms with Gasteiger partial charge in [-0.3, -0.25) is 0 Å². The van der Waals surface area contributed by atoms with Crippen molar-refractivity contribution in [1.29, 1.82) is 0 Å². The van der Waals surface area contributed by atoms with Gasteiger partial charge in [0.2, 0.25) is 0 Å². The summed E-state index contributed by atoms with van der Waals surface area (Å²) in [5.74, 6) is -0.183. The van der Waals surface area contributed by atoms with Gasteiger partial charge in [-0.25, -0.2) is 4.79 Å². The summed E-state index contributed by atoms with van der Waals surface area (Å²) in [6, 6.07) is 3.31. The summed E-state index contributed by atoms with van der Waals surface area (Å²) in [6.07, 6.45) is 1.47. The standard InChI is InChI=1S/C13H18N4O5/c1-21-9-13(22-12(14)18)4-7-16(8-5-13)10-3-2-6-15-11(10)17(19)20/h2-3,6H,4-5,7-9H2,1H3,(H2,14,18). The number of nitro groups is 1. The number of carbonyl (C=O) groups is 1. The number of nitrogens with zero attached hydrogens (tertiary/aromatic N) is 3. The van der Waals surface area contributed by atoms with Gasteiger partial charge in [-0.15, -0.1) is 0 Å². The van der Waals surface area contributed by atoms with Crippen LogP contribution in [-0.4, -0.2) is 48.4 Å². The number of methoxy groups -OCH3 is 1. The van der Waals surface area contributed by atoms with Crippen molar-refractivity contribution in [3.05, 3.63) is 28.4 Å². The zero-order chi connectivity index (χ0) is 16.2. The molecule has 1 aliphatic heterocycles. The maximum absolute atomic E-state index is 11.1. The average molecular weight is 310 g/mol. The van der Waals surface area contributed by atoms with Crippen LogP contribution in [0.1, 0.15) is 12.8 Å². The van der Waals surface area contributed by atoms with E-state index in [1.54, 1.807) is 12.1 Å². The van der Waals surface area contributed by atoms with E-state index in [2.05, 4.69) is 4.98 Å². The minimum Gasteiger partial charge on any atom is -0.440 e. The van der Waals surface area contributed by atoms with Gasteiger partial charge in [-0.2, -0.15) is 0 Å². The summed E-state index contributed by atoms with van der Waals surface area (Å²) < 4.78 is 10.3. The van der Waals surface area contributed by atoms with Crippen LogP contribution in [0.15, 0.2) is 18.3 Å². The van der Waals surface area contributed by atoms with E-state index < -0.39 is 16.6 Å². The number of hydrogen-bond acceptors (Lipinski definition) is 7. The van der Waals surface area contributed by atoms with Crippen LogP contribution in [0.25, 0.3) is 0 Å². The first kappa shape index (κ1) is 16.0. The predicted molar refractivity (Wildman–Crippen MR) is 77.6 cm³/mol. The number of primary amides is 1. The minimum atomic E-state index is -0.849. The van der Waals surface area contributed by atoms with Gasteiger partial charge >= 0.3 is 11.9 Å². The highest BCUT2D eigenvalue weighted by Gasteiger charge is 2.39. The highest BCUT2D eigenvalue weighted by molar-refractivity contribution is 5.65. The zero-order valence-corrected chi connectivity index (χ0v) is 12.2. The number of carbonyl (C=O) groups excluding carboxylic acids is 1. The van der Waals surface area contributed by atoms with Crippen LogP contribution in [0.2, 0.25) is 0 Å². The number of rotatable bonds is 5. The van der Waals surface area contributed by atoms with Gasteiger partial charge in [0.05, 0.1) is 6.61 Å². The molecule has 9 heteroatoms. The molecule has 0 radical (unpaired) electrons. The molecular formula is C13H18N4O5. The molecule has 1 saturated heterocycles. The molecule has 0 bridgehead atoms. The highest BCUT2D eigenvalue weighted by atomic mass is 16.6. The maximum Gasteiger partial charge on any atom is 0.405 e. The van der Waals surface area contributed by atoms with E-state index in [0.717, 1.165) is 0 Å². The fourth-order valence-electron chi connectivity index (χ4n) is 2.68. The zero-order valence-electron chi connectivity index (χ0n) is 12.2. The van der Waals surface area contributed by atoms with Crippen molar-refractivity contribution in [2.75, 3.05) is 31.7 Å². The lowest BCUT2D eigenvalue weighted by molar-refractivity contribution is -0.388. The molecule has 120 valence electrons. The number of piperidine rings is 1. The molecule has 1 amide bonds. The summed E-state index contributed by atoms with van der Waals surface area (Å²) in [7, 11) is 1.52. The monoisotopic (exact) mass is 310 g/mol. The van der Waals surface area contributed by atoms with Crippen molar-refractivity contribution in [3.63, 3.8) is 0 Å². The Balaban J connectivity index is 2.14. The van der Waals surface area contributed by atoms with Crippen LogP contribution in [0.4, 0.5) is 16.3 Å². The third-order valence-electron chi connectivity index (χ3n) is 3.68. The Labute approximate surface area is 127 Å². The second kappa shape index (κ2) is 6.56. The molecular weight excluding hydrogens is 292 g/mol. The Morgan fingerprint density at radius 3 is 2.77 bits per heavy atom. The third kappa shape index (κ3) is 3.42. The van der Waals surface area contributed by atoms with Gasteiger partial charge in [0.25, 0.3) is 0 Å². The summed E-state index contributed by atoms with van der Waals surface area (Å²) in [5.41, 5.74) is 4.79. The minimum absolute atomic E-state index is 0.183. The predicted octanol–water partition coefficient (Wildman–Crippen LogP) is 1.07. The van der Waals surface area contributed by atoms with Crippen molar-refractivity contribution >= 4 is 17.6 Å². The molecule has 22 heavy (non-hydrogen) atoms. The molecule has 0 aliphatic carbocycles.